The molecule has 1 N–H and O–H groups in total. The fourth-order valence-electron chi connectivity index (χ4n) is 1.95. The summed E-state index contributed by atoms with van der Waals surface area (Å²) in [4.78, 5) is 0. The number of ether oxygens (including phenoxy) is 1. The highest BCUT2D eigenvalue weighted by molar-refractivity contribution is 7.11. The van der Waals surface area contributed by atoms with Gasteiger partial charge in [0.05, 0.1) is 0 Å². The Kier molecular flexibility index (Phi) is 5.64. The number of aromatic nitrogens is 2. The Morgan fingerprint density at radius 1 is 1.20 bits per heavy atom. The third kappa shape index (κ3) is 4.10. The summed E-state index contributed by atoms with van der Waals surface area (Å²) < 4.78 is 5.57. The zero-order valence-corrected chi connectivity index (χ0v) is 13.0. The van der Waals surface area contributed by atoms with Gasteiger partial charge in [-0.15, -0.1) is 10.2 Å². The Hall–Kier alpha value is -1.30. The molecule has 2 aromatic rings. The number of nitrogens with one attached hydrogen (secondary N) is 1. The largest absolute Gasteiger partial charge is 0.369 e. The van der Waals surface area contributed by atoms with E-state index in [-0.39, 0.29) is 6.10 Å². The molecule has 0 spiro atoms. The van der Waals surface area contributed by atoms with Gasteiger partial charge in [-0.2, -0.15) is 0 Å². The van der Waals surface area contributed by atoms with Crippen LogP contribution in [0.1, 0.15) is 35.5 Å². The van der Waals surface area contributed by atoms with Crippen molar-refractivity contribution in [3.63, 3.8) is 0 Å². The maximum Gasteiger partial charge on any atom is 0.151 e. The van der Waals surface area contributed by atoms with Crippen molar-refractivity contribution in [3.8, 4) is 0 Å². The molecule has 1 unspecified atom stereocenters. The highest BCUT2D eigenvalue weighted by atomic mass is 32.1. The van der Waals surface area contributed by atoms with Crippen LogP contribution in [0.3, 0.4) is 0 Å². The first-order chi connectivity index (χ1) is 9.70. The van der Waals surface area contributed by atoms with Gasteiger partial charge >= 0.3 is 0 Å². The van der Waals surface area contributed by atoms with Crippen molar-refractivity contribution < 1.29 is 4.74 Å². The molecule has 108 valence electrons. The number of rotatable bonds is 7. The van der Waals surface area contributed by atoms with Crippen molar-refractivity contribution >= 4 is 11.3 Å². The topological polar surface area (TPSA) is 47.0 Å². The van der Waals surface area contributed by atoms with Crippen LogP contribution in [0.5, 0.6) is 0 Å². The fraction of sp³-hybridized carbons (Fsp3) is 0.467. The second-order valence-corrected chi connectivity index (χ2v) is 6.01. The van der Waals surface area contributed by atoms with Crippen molar-refractivity contribution in [2.45, 2.75) is 32.4 Å². The summed E-state index contributed by atoms with van der Waals surface area (Å²) in [7, 11) is 1.71. The van der Waals surface area contributed by atoms with E-state index in [1.54, 1.807) is 18.4 Å². The summed E-state index contributed by atoms with van der Waals surface area (Å²) in [6.07, 6.45) is 0.779. The SMILES string of the molecule is COC(c1ccccc1)c1nnc(CCNC(C)C)s1. The van der Waals surface area contributed by atoms with E-state index < -0.39 is 0 Å². The third-order valence-corrected chi connectivity index (χ3v) is 3.96. The smallest absolute Gasteiger partial charge is 0.151 e. The Balaban J connectivity index is 2.03. The summed E-state index contributed by atoms with van der Waals surface area (Å²) in [6, 6.07) is 10.6. The lowest BCUT2D eigenvalue weighted by Gasteiger charge is -2.11. The van der Waals surface area contributed by atoms with Gasteiger partial charge in [0, 0.05) is 26.1 Å². The van der Waals surface area contributed by atoms with Crippen molar-refractivity contribution in [1.82, 2.24) is 15.5 Å². The lowest BCUT2D eigenvalue weighted by molar-refractivity contribution is 0.135. The van der Waals surface area contributed by atoms with Crippen molar-refractivity contribution in [2.75, 3.05) is 13.7 Å². The molecule has 0 saturated carbocycles. The average Bonchev–Trinajstić information content (AvgIpc) is 2.89. The lowest BCUT2D eigenvalue weighted by Crippen LogP contribution is -2.24. The van der Waals surface area contributed by atoms with Crippen LogP contribution >= 0.6 is 11.3 Å². The molecule has 1 aromatic carbocycles. The number of hydrogen-bond acceptors (Lipinski definition) is 5. The molecular weight excluding hydrogens is 270 g/mol. The van der Waals surface area contributed by atoms with E-state index >= 15 is 0 Å². The fourth-order valence-corrected chi connectivity index (χ4v) is 2.90. The molecule has 0 amide bonds. The van der Waals surface area contributed by atoms with E-state index in [2.05, 4.69) is 41.5 Å². The molecule has 1 heterocycles. The Labute approximate surface area is 124 Å². The molecule has 2 rings (SSSR count). The molecule has 0 radical (unpaired) electrons. The average molecular weight is 291 g/mol. The van der Waals surface area contributed by atoms with Gasteiger partial charge in [0.15, 0.2) is 5.01 Å². The zero-order chi connectivity index (χ0) is 14.4. The van der Waals surface area contributed by atoms with Crippen LogP contribution in [0.4, 0.5) is 0 Å². The maximum absolute atomic E-state index is 5.57. The number of benzene rings is 1. The summed E-state index contributed by atoms with van der Waals surface area (Å²) in [5.74, 6) is 0. The Morgan fingerprint density at radius 3 is 2.60 bits per heavy atom. The molecule has 0 saturated heterocycles. The summed E-state index contributed by atoms with van der Waals surface area (Å²) in [6.45, 7) is 5.21. The van der Waals surface area contributed by atoms with Gasteiger partial charge in [0.25, 0.3) is 0 Å². The van der Waals surface area contributed by atoms with Gasteiger partial charge < -0.3 is 10.1 Å². The molecule has 1 atom stereocenters. The first-order valence-corrected chi connectivity index (χ1v) is 7.65. The number of nitrogens with zero attached hydrogens (tertiary/aromatic N) is 2. The van der Waals surface area contributed by atoms with Gasteiger partial charge in [-0.3, -0.25) is 0 Å². The van der Waals surface area contributed by atoms with Crippen LogP contribution in [-0.2, 0) is 11.2 Å². The van der Waals surface area contributed by atoms with E-state index in [0.717, 1.165) is 28.5 Å². The zero-order valence-electron chi connectivity index (χ0n) is 12.2. The lowest BCUT2D eigenvalue weighted by atomic mass is 10.1. The molecule has 0 fully saturated rings. The van der Waals surface area contributed by atoms with E-state index in [1.165, 1.54) is 0 Å². The van der Waals surface area contributed by atoms with E-state index in [1.807, 2.05) is 18.2 Å². The molecule has 0 aliphatic rings. The van der Waals surface area contributed by atoms with Crippen molar-refractivity contribution in [3.05, 3.63) is 45.9 Å². The summed E-state index contributed by atoms with van der Waals surface area (Å²) in [5.41, 5.74) is 1.11. The maximum atomic E-state index is 5.57. The Morgan fingerprint density at radius 2 is 1.95 bits per heavy atom. The third-order valence-electron chi connectivity index (χ3n) is 2.94. The number of hydrogen-bond donors (Lipinski definition) is 1. The second-order valence-electron chi connectivity index (χ2n) is 4.92. The minimum absolute atomic E-state index is 0.125. The first kappa shape index (κ1) is 15.1. The second kappa shape index (κ2) is 7.47. The van der Waals surface area contributed by atoms with Gasteiger partial charge in [0.1, 0.15) is 11.1 Å². The predicted molar refractivity (Wildman–Crippen MR) is 82.0 cm³/mol. The highest BCUT2D eigenvalue weighted by Gasteiger charge is 2.18. The normalized spacial score (nSPS) is 12.8. The molecule has 0 aliphatic heterocycles. The molecule has 4 nitrogen and oxygen atoms in total. The van der Waals surface area contributed by atoms with Crippen LogP contribution in [0.25, 0.3) is 0 Å². The summed E-state index contributed by atoms with van der Waals surface area (Å²) >= 11 is 1.62. The Bertz CT molecular complexity index is 513. The van der Waals surface area contributed by atoms with E-state index in [4.69, 9.17) is 4.74 Å². The quantitative estimate of drug-likeness (QED) is 0.852. The molecule has 5 heteroatoms. The van der Waals surface area contributed by atoms with E-state index in [0.29, 0.717) is 6.04 Å². The van der Waals surface area contributed by atoms with Crippen LogP contribution in [0.2, 0.25) is 0 Å². The van der Waals surface area contributed by atoms with Crippen molar-refractivity contribution in [1.29, 1.82) is 0 Å². The standard InChI is InChI=1S/C15H21N3OS/c1-11(2)16-10-9-13-17-18-15(20-13)14(19-3)12-7-5-4-6-8-12/h4-8,11,14,16H,9-10H2,1-3H3. The van der Waals surface area contributed by atoms with Crippen LogP contribution in [0.15, 0.2) is 30.3 Å². The van der Waals surface area contributed by atoms with Gasteiger partial charge in [-0.1, -0.05) is 55.5 Å². The molecule has 0 aliphatic carbocycles. The van der Waals surface area contributed by atoms with Gasteiger partial charge in [-0.05, 0) is 5.56 Å². The van der Waals surface area contributed by atoms with Gasteiger partial charge in [-0.25, -0.2) is 0 Å². The van der Waals surface area contributed by atoms with Crippen LogP contribution in [-0.4, -0.2) is 29.9 Å². The highest BCUT2D eigenvalue weighted by Crippen LogP contribution is 2.27. The van der Waals surface area contributed by atoms with Crippen LogP contribution in [0, 0.1) is 0 Å². The first-order valence-electron chi connectivity index (χ1n) is 6.84. The molecule has 0 bridgehead atoms. The van der Waals surface area contributed by atoms with Gasteiger partial charge in [0.2, 0.25) is 0 Å². The summed E-state index contributed by atoms with van der Waals surface area (Å²) in [5, 5.41) is 13.9. The number of methoxy groups -OCH3 is 1. The minimum Gasteiger partial charge on any atom is -0.369 e. The van der Waals surface area contributed by atoms with Crippen LogP contribution < -0.4 is 5.32 Å². The molecule has 1 aromatic heterocycles. The minimum atomic E-state index is -0.125. The predicted octanol–water partition coefficient (Wildman–Crippen LogP) is 2.81. The molecular formula is C15H21N3OS. The molecule has 20 heavy (non-hydrogen) atoms. The monoisotopic (exact) mass is 291 g/mol. The van der Waals surface area contributed by atoms with E-state index in [9.17, 15) is 0 Å². The van der Waals surface area contributed by atoms with Crippen molar-refractivity contribution in [2.24, 2.45) is 0 Å².